The zero-order valence-corrected chi connectivity index (χ0v) is 13.8. The molecule has 0 N–H and O–H groups in total. The standard InChI is InChI=1S/C16H30O4/c1-11(16(5,6)19-10-13-9-17-13)8-18-15(3,4)7-14-12(2)20-14/h11-14H,7-10H2,1-6H3. The van der Waals surface area contributed by atoms with Crippen molar-refractivity contribution in [1.82, 2.24) is 0 Å². The van der Waals surface area contributed by atoms with Gasteiger partial charge in [0.15, 0.2) is 0 Å². The maximum atomic E-state index is 6.11. The normalized spacial score (nSPS) is 31.2. The molecule has 0 aliphatic carbocycles. The van der Waals surface area contributed by atoms with Gasteiger partial charge < -0.3 is 18.9 Å². The summed E-state index contributed by atoms with van der Waals surface area (Å²) in [5.74, 6) is 0.332. The van der Waals surface area contributed by atoms with E-state index >= 15 is 0 Å². The molecule has 2 aliphatic rings. The highest BCUT2D eigenvalue weighted by atomic mass is 16.6. The predicted molar refractivity (Wildman–Crippen MR) is 77.9 cm³/mol. The molecule has 4 heteroatoms. The Morgan fingerprint density at radius 2 is 1.80 bits per heavy atom. The van der Waals surface area contributed by atoms with Crippen LogP contribution in [0.15, 0.2) is 0 Å². The Hall–Kier alpha value is -0.160. The van der Waals surface area contributed by atoms with Gasteiger partial charge in [0.05, 0.1) is 43.2 Å². The van der Waals surface area contributed by atoms with Gasteiger partial charge in [-0.25, -0.2) is 0 Å². The van der Waals surface area contributed by atoms with Crippen LogP contribution < -0.4 is 0 Å². The molecule has 4 atom stereocenters. The summed E-state index contributed by atoms with van der Waals surface area (Å²) in [6.07, 6.45) is 2.04. The smallest absolute Gasteiger partial charge is 0.104 e. The van der Waals surface area contributed by atoms with Gasteiger partial charge >= 0.3 is 0 Å². The van der Waals surface area contributed by atoms with Crippen molar-refractivity contribution >= 4 is 0 Å². The molecule has 2 heterocycles. The van der Waals surface area contributed by atoms with Gasteiger partial charge in [0.2, 0.25) is 0 Å². The molecule has 0 spiro atoms. The average molecular weight is 286 g/mol. The van der Waals surface area contributed by atoms with Gasteiger partial charge in [0.1, 0.15) is 6.10 Å². The molecule has 4 unspecified atom stereocenters. The van der Waals surface area contributed by atoms with Crippen LogP contribution in [0.5, 0.6) is 0 Å². The molecule has 0 aromatic rings. The predicted octanol–water partition coefficient (Wildman–Crippen LogP) is 2.79. The summed E-state index contributed by atoms with van der Waals surface area (Å²) in [6.45, 7) is 15.1. The summed E-state index contributed by atoms with van der Waals surface area (Å²) in [5.41, 5.74) is -0.329. The summed E-state index contributed by atoms with van der Waals surface area (Å²) < 4.78 is 22.7. The second kappa shape index (κ2) is 5.91. The first-order valence-corrected chi connectivity index (χ1v) is 7.74. The first-order valence-electron chi connectivity index (χ1n) is 7.74. The lowest BCUT2D eigenvalue weighted by atomic mass is 9.92. The zero-order valence-electron chi connectivity index (χ0n) is 13.8. The molecule has 2 aliphatic heterocycles. The van der Waals surface area contributed by atoms with Crippen LogP contribution in [-0.4, -0.2) is 49.3 Å². The third-order valence-corrected chi connectivity index (χ3v) is 4.48. The molecule has 2 saturated heterocycles. The van der Waals surface area contributed by atoms with Crippen molar-refractivity contribution in [2.75, 3.05) is 19.8 Å². The zero-order chi connectivity index (χ0) is 15.0. The Balaban J connectivity index is 1.70. The minimum absolute atomic E-state index is 0.140. The first-order chi connectivity index (χ1) is 9.20. The molecule has 20 heavy (non-hydrogen) atoms. The molecule has 0 saturated carbocycles. The Bertz CT molecular complexity index is 322. The monoisotopic (exact) mass is 286 g/mol. The summed E-state index contributed by atoms with van der Waals surface area (Å²) in [6, 6.07) is 0. The van der Waals surface area contributed by atoms with Gasteiger partial charge in [-0.2, -0.15) is 0 Å². The molecule has 2 rings (SSSR count). The number of epoxide rings is 2. The highest BCUT2D eigenvalue weighted by Crippen LogP contribution is 2.32. The largest absolute Gasteiger partial charge is 0.375 e. The minimum atomic E-state index is -0.189. The molecule has 118 valence electrons. The van der Waals surface area contributed by atoms with E-state index in [1.54, 1.807) is 0 Å². The molecule has 0 bridgehead atoms. The quantitative estimate of drug-likeness (QED) is 0.611. The molecule has 0 aromatic carbocycles. The van der Waals surface area contributed by atoms with E-state index in [0.29, 0.717) is 37.4 Å². The Labute approximate surface area is 123 Å². The first kappa shape index (κ1) is 16.2. The van der Waals surface area contributed by atoms with Crippen LogP contribution in [0.1, 0.15) is 48.0 Å². The number of hydrogen-bond acceptors (Lipinski definition) is 4. The second-order valence-corrected chi connectivity index (χ2v) is 7.43. The Morgan fingerprint density at radius 1 is 1.20 bits per heavy atom. The fourth-order valence-electron chi connectivity index (χ4n) is 2.15. The highest BCUT2D eigenvalue weighted by molar-refractivity contribution is 4.88. The van der Waals surface area contributed by atoms with Gasteiger partial charge in [-0.1, -0.05) is 6.92 Å². The van der Waals surface area contributed by atoms with Crippen LogP contribution in [0.2, 0.25) is 0 Å². The van der Waals surface area contributed by atoms with Crippen molar-refractivity contribution in [3.63, 3.8) is 0 Å². The van der Waals surface area contributed by atoms with Crippen molar-refractivity contribution in [1.29, 1.82) is 0 Å². The van der Waals surface area contributed by atoms with Crippen LogP contribution in [-0.2, 0) is 18.9 Å². The second-order valence-electron chi connectivity index (χ2n) is 7.43. The van der Waals surface area contributed by atoms with E-state index in [2.05, 4.69) is 41.5 Å². The third kappa shape index (κ3) is 4.99. The summed E-state index contributed by atoms with van der Waals surface area (Å²) >= 11 is 0. The lowest BCUT2D eigenvalue weighted by Gasteiger charge is -2.34. The third-order valence-electron chi connectivity index (χ3n) is 4.48. The summed E-state index contributed by atoms with van der Waals surface area (Å²) in [5, 5.41) is 0. The van der Waals surface area contributed by atoms with Gasteiger partial charge in [-0.15, -0.1) is 0 Å². The lowest BCUT2D eigenvalue weighted by Crippen LogP contribution is -2.39. The van der Waals surface area contributed by atoms with E-state index in [-0.39, 0.29) is 11.2 Å². The molecule has 0 aromatic heterocycles. The van der Waals surface area contributed by atoms with Crippen molar-refractivity contribution in [3.8, 4) is 0 Å². The van der Waals surface area contributed by atoms with Gasteiger partial charge in [0, 0.05) is 12.3 Å². The van der Waals surface area contributed by atoms with Crippen molar-refractivity contribution in [3.05, 3.63) is 0 Å². The molecular weight excluding hydrogens is 256 g/mol. The Kier molecular flexibility index (Phi) is 4.80. The molecular formula is C16H30O4. The lowest BCUT2D eigenvalue weighted by molar-refractivity contribution is -0.111. The maximum Gasteiger partial charge on any atom is 0.104 e. The van der Waals surface area contributed by atoms with E-state index in [0.717, 1.165) is 13.0 Å². The summed E-state index contributed by atoms with van der Waals surface area (Å²) in [4.78, 5) is 0. The van der Waals surface area contributed by atoms with Crippen LogP contribution in [0.4, 0.5) is 0 Å². The van der Waals surface area contributed by atoms with E-state index < -0.39 is 0 Å². The van der Waals surface area contributed by atoms with E-state index in [1.807, 2.05) is 0 Å². The topological polar surface area (TPSA) is 43.5 Å². The minimum Gasteiger partial charge on any atom is -0.375 e. The highest BCUT2D eigenvalue weighted by Gasteiger charge is 2.40. The van der Waals surface area contributed by atoms with Crippen LogP contribution in [0.3, 0.4) is 0 Å². The van der Waals surface area contributed by atoms with Crippen molar-refractivity contribution in [2.45, 2.75) is 77.5 Å². The fourth-order valence-corrected chi connectivity index (χ4v) is 2.15. The SMILES string of the molecule is CC1OC1CC(C)(C)OCC(C)C(C)(C)OCC1CO1. The number of hydrogen-bond donors (Lipinski definition) is 0. The van der Waals surface area contributed by atoms with Crippen LogP contribution >= 0.6 is 0 Å². The fraction of sp³-hybridized carbons (Fsp3) is 1.00. The number of rotatable bonds is 9. The van der Waals surface area contributed by atoms with Gasteiger partial charge in [0.25, 0.3) is 0 Å². The molecule has 2 fully saturated rings. The van der Waals surface area contributed by atoms with E-state index in [1.165, 1.54) is 0 Å². The maximum absolute atomic E-state index is 6.11. The average Bonchev–Trinajstić information content (AvgIpc) is 3.23. The molecule has 0 amide bonds. The van der Waals surface area contributed by atoms with Crippen molar-refractivity contribution < 1.29 is 18.9 Å². The summed E-state index contributed by atoms with van der Waals surface area (Å²) in [7, 11) is 0. The van der Waals surface area contributed by atoms with Gasteiger partial charge in [-0.05, 0) is 34.6 Å². The van der Waals surface area contributed by atoms with Gasteiger partial charge in [-0.3, -0.25) is 0 Å². The van der Waals surface area contributed by atoms with Crippen LogP contribution in [0, 0.1) is 5.92 Å². The molecule has 4 nitrogen and oxygen atoms in total. The van der Waals surface area contributed by atoms with Crippen molar-refractivity contribution in [2.24, 2.45) is 5.92 Å². The van der Waals surface area contributed by atoms with E-state index in [9.17, 15) is 0 Å². The van der Waals surface area contributed by atoms with Crippen LogP contribution in [0.25, 0.3) is 0 Å². The number of ether oxygens (including phenoxy) is 4. The Morgan fingerprint density at radius 3 is 2.30 bits per heavy atom. The molecule has 0 radical (unpaired) electrons. The van der Waals surface area contributed by atoms with E-state index in [4.69, 9.17) is 18.9 Å².